The average molecular weight is 225 g/mol. The van der Waals surface area contributed by atoms with E-state index in [1.807, 2.05) is 23.9 Å². The van der Waals surface area contributed by atoms with Gasteiger partial charge in [-0.2, -0.15) is 11.8 Å². The van der Waals surface area contributed by atoms with E-state index < -0.39 is 0 Å². The quantitative estimate of drug-likeness (QED) is 0.851. The number of hydrogen-bond acceptors (Lipinski definition) is 3. The molecule has 1 heterocycles. The molecule has 1 fully saturated rings. The van der Waals surface area contributed by atoms with E-state index >= 15 is 0 Å². The Morgan fingerprint density at radius 1 is 1.53 bits per heavy atom. The second kappa shape index (κ2) is 5.08. The molecule has 1 aliphatic rings. The van der Waals surface area contributed by atoms with Gasteiger partial charge in [0.2, 0.25) is 0 Å². The minimum absolute atomic E-state index is 0.339. The first-order chi connectivity index (χ1) is 7.29. The van der Waals surface area contributed by atoms with Crippen LogP contribution < -0.4 is 5.32 Å². The maximum Gasteiger partial charge on any atom is 0.120 e. The van der Waals surface area contributed by atoms with Crippen LogP contribution in [0.2, 0.25) is 0 Å². The van der Waals surface area contributed by atoms with Gasteiger partial charge in [0.15, 0.2) is 0 Å². The molecule has 0 bridgehead atoms. The van der Waals surface area contributed by atoms with E-state index in [2.05, 4.69) is 18.5 Å². The molecule has 0 saturated heterocycles. The lowest BCUT2D eigenvalue weighted by Crippen LogP contribution is -2.29. The van der Waals surface area contributed by atoms with Crippen molar-refractivity contribution in [1.82, 2.24) is 5.32 Å². The minimum Gasteiger partial charge on any atom is -0.468 e. The largest absolute Gasteiger partial charge is 0.468 e. The smallest absolute Gasteiger partial charge is 0.120 e. The highest BCUT2D eigenvalue weighted by Gasteiger charge is 2.25. The Labute approximate surface area is 95.8 Å². The Morgan fingerprint density at radius 2 is 2.40 bits per heavy atom. The molecular weight excluding hydrogens is 206 g/mol. The van der Waals surface area contributed by atoms with E-state index in [0.717, 1.165) is 11.0 Å². The molecule has 3 atom stereocenters. The molecule has 0 radical (unpaired) electrons. The zero-order valence-electron chi connectivity index (χ0n) is 9.40. The Morgan fingerprint density at radius 3 is 3.00 bits per heavy atom. The first-order valence-corrected chi connectivity index (χ1v) is 6.90. The van der Waals surface area contributed by atoms with Crippen LogP contribution in [0.4, 0.5) is 0 Å². The molecule has 1 aliphatic carbocycles. The first kappa shape index (κ1) is 11.1. The Bertz CT molecular complexity index is 286. The van der Waals surface area contributed by atoms with Crippen LogP contribution in [0.3, 0.4) is 0 Å². The number of furan rings is 1. The summed E-state index contributed by atoms with van der Waals surface area (Å²) in [6.45, 7) is 2.17. The van der Waals surface area contributed by atoms with Crippen molar-refractivity contribution >= 4 is 11.8 Å². The Balaban J connectivity index is 1.83. The number of rotatable bonds is 4. The lowest BCUT2D eigenvalue weighted by molar-refractivity contribution is 0.390. The fourth-order valence-electron chi connectivity index (χ4n) is 2.28. The van der Waals surface area contributed by atoms with Crippen LogP contribution >= 0.6 is 11.8 Å². The maximum absolute atomic E-state index is 5.39. The van der Waals surface area contributed by atoms with Crippen LogP contribution in [-0.2, 0) is 0 Å². The summed E-state index contributed by atoms with van der Waals surface area (Å²) in [5, 5.41) is 4.49. The van der Waals surface area contributed by atoms with Gasteiger partial charge < -0.3 is 9.73 Å². The normalized spacial score (nSPS) is 28.1. The van der Waals surface area contributed by atoms with Crippen molar-refractivity contribution in [1.29, 1.82) is 0 Å². The lowest BCUT2D eigenvalue weighted by atomic mass is 10.2. The molecule has 84 valence electrons. The monoisotopic (exact) mass is 225 g/mol. The van der Waals surface area contributed by atoms with Crippen molar-refractivity contribution in [3.05, 3.63) is 24.2 Å². The van der Waals surface area contributed by atoms with Crippen LogP contribution in [0.15, 0.2) is 22.8 Å². The van der Waals surface area contributed by atoms with Crippen molar-refractivity contribution in [3.63, 3.8) is 0 Å². The summed E-state index contributed by atoms with van der Waals surface area (Å²) < 4.78 is 5.39. The van der Waals surface area contributed by atoms with Gasteiger partial charge >= 0.3 is 0 Å². The van der Waals surface area contributed by atoms with Crippen LogP contribution in [0.25, 0.3) is 0 Å². The summed E-state index contributed by atoms with van der Waals surface area (Å²) in [5.41, 5.74) is 0. The Kier molecular flexibility index (Phi) is 3.76. The summed E-state index contributed by atoms with van der Waals surface area (Å²) >= 11 is 2.00. The molecule has 3 unspecified atom stereocenters. The summed E-state index contributed by atoms with van der Waals surface area (Å²) in [5.74, 6) is 1.04. The standard InChI is InChI=1S/C12H19NOS/c1-9(12-4-3-7-14-12)13-10-5-6-11(8-10)15-2/h3-4,7,9-11,13H,5-6,8H2,1-2H3. The second-order valence-corrected chi connectivity index (χ2v) is 5.41. The topological polar surface area (TPSA) is 25.2 Å². The molecule has 0 aromatic carbocycles. The maximum atomic E-state index is 5.39. The van der Waals surface area contributed by atoms with Gasteiger partial charge in [-0.25, -0.2) is 0 Å². The number of thioether (sulfide) groups is 1. The number of hydrogen-bond donors (Lipinski definition) is 1. The van der Waals surface area contributed by atoms with Gasteiger partial charge in [0.1, 0.15) is 5.76 Å². The van der Waals surface area contributed by atoms with Crippen LogP contribution in [-0.4, -0.2) is 17.5 Å². The van der Waals surface area contributed by atoms with Gasteiger partial charge in [-0.1, -0.05) is 0 Å². The summed E-state index contributed by atoms with van der Waals surface area (Å²) in [7, 11) is 0. The summed E-state index contributed by atoms with van der Waals surface area (Å²) in [6, 6.07) is 5.00. The highest BCUT2D eigenvalue weighted by molar-refractivity contribution is 7.99. The van der Waals surface area contributed by atoms with Gasteiger partial charge in [0.05, 0.1) is 12.3 Å². The zero-order valence-corrected chi connectivity index (χ0v) is 10.2. The van der Waals surface area contributed by atoms with E-state index in [4.69, 9.17) is 4.42 Å². The minimum atomic E-state index is 0.339. The van der Waals surface area contributed by atoms with Gasteiger partial charge in [0.25, 0.3) is 0 Å². The molecule has 15 heavy (non-hydrogen) atoms. The van der Waals surface area contributed by atoms with Gasteiger partial charge in [-0.3, -0.25) is 0 Å². The molecule has 0 amide bonds. The van der Waals surface area contributed by atoms with Crippen LogP contribution in [0.5, 0.6) is 0 Å². The van der Waals surface area contributed by atoms with E-state index in [1.54, 1.807) is 6.26 Å². The lowest BCUT2D eigenvalue weighted by Gasteiger charge is -2.17. The Hall–Kier alpha value is -0.410. The third-order valence-corrected chi connectivity index (χ3v) is 4.27. The molecule has 0 spiro atoms. The zero-order chi connectivity index (χ0) is 10.7. The molecule has 2 rings (SSSR count). The molecule has 1 saturated carbocycles. The molecule has 1 aromatic rings. The van der Waals surface area contributed by atoms with Crippen molar-refractivity contribution in [2.75, 3.05) is 6.26 Å². The van der Waals surface area contributed by atoms with E-state index in [9.17, 15) is 0 Å². The van der Waals surface area contributed by atoms with Crippen LogP contribution in [0, 0.1) is 0 Å². The molecule has 0 aliphatic heterocycles. The highest BCUT2D eigenvalue weighted by Crippen LogP contribution is 2.29. The van der Waals surface area contributed by atoms with Gasteiger partial charge in [-0.15, -0.1) is 0 Å². The summed E-state index contributed by atoms with van der Waals surface area (Å²) in [4.78, 5) is 0. The van der Waals surface area contributed by atoms with Gasteiger partial charge in [0, 0.05) is 11.3 Å². The first-order valence-electron chi connectivity index (χ1n) is 5.62. The highest BCUT2D eigenvalue weighted by atomic mass is 32.2. The van der Waals surface area contributed by atoms with Crippen molar-refractivity contribution < 1.29 is 4.42 Å². The molecule has 1 N–H and O–H groups in total. The fourth-order valence-corrected chi connectivity index (χ4v) is 3.08. The average Bonchev–Trinajstić information content (AvgIpc) is 2.87. The predicted molar refractivity (Wildman–Crippen MR) is 65.2 cm³/mol. The van der Waals surface area contributed by atoms with Crippen LogP contribution in [0.1, 0.15) is 38.0 Å². The van der Waals surface area contributed by atoms with E-state index in [1.165, 1.54) is 19.3 Å². The molecule has 2 nitrogen and oxygen atoms in total. The van der Waals surface area contributed by atoms with Crippen molar-refractivity contribution in [2.45, 2.75) is 43.5 Å². The SMILES string of the molecule is CSC1CCC(NC(C)c2ccco2)C1. The second-order valence-electron chi connectivity index (χ2n) is 4.27. The van der Waals surface area contributed by atoms with Crippen molar-refractivity contribution in [2.24, 2.45) is 0 Å². The van der Waals surface area contributed by atoms with E-state index in [0.29, 0.717) is 12.1 Å². The number of nitrogens with one attached hydrogen (secondary N) is 1. The predicted octanol–water partition coefficient (Wildman–Crippen LogP) is 3.21. The fraction of sp³-hybridized carbons (Fsp3) is 0.667. The molecule has 1 aromatic heterocycles. The summed E-state index contributed by atoms with van der Waals surface area (Å²) in [6.07, 6.45) is 7.91. The van der Waals surface area contributed by atoms with Gasteiger partial charge in [-0.05, 0) is 44.6 Å². The molecule has 3 heteroatoms. The van der Waals surface area contributed by atoms with E-state index in [-0.39, 0.29) is 0 Å². The molecular formula is C12H19NOS. The third kappa shape index (κ3) is 2.79. The van der Waals surface area contributed by atoms with Crippen molar-refractivity contribution in [3.8, 4) is 0 Å². The third-order valence-electron chi connectivity index (χ3n) is 3.17.